The van der Waals surface area contributed by atoms with Crippen LogP contribution in [0.15, 0.2) is 237 Å². The average molecular weight is 778 g/mol. The van der Waals surface area contributed by atoms with Crippen molar-refractivity contribution in [2.24, 2.45) is 0 Å². The van der Waals surface area contributed by atoms with Crippen LogP contribution in [0.5, 0.6) is 11.5 Å². The molecule has 0 bridgehead atoms. The molecule has 0 amide bonds. The Morgan fingerprint density at radius 3 is 1.43 bits per heavy atom. The minimum atomic E-state index is -0.565. The summed E-state index contributed by atoms with van der Waals surface area (Å²) in [6.45, 7) is 0. The molecule has 1 spiro atoms. The maximum absolute atomic E-state index is 6.66. The first-order valence-electron chi connectivity index (χ1n) is 21.0. The number of ether oxygens (including phenoxy) is 1. The Kier molecular flexibility index (Phi) is 8.11. The normalized spacial score (nSPS) is 12.9. The molecule has 10 aromatic carbocycles. The molecule has 0 fully saturated rings. The molecule has 0 saturated heterocycles. The van der Waals surface area contributed by atoms with E-state index in [0.717, 1.165) is 39.7 Å². The summed E-state index contributed by atoms with van der Waals surface area (Å²) < 4.78 is 6.66. The highest BCUT2D eigenvalue weighted by molar-refractivity contribution is 5.92. The van der Waals surface area contributed by atoms with E-state index in [-0.39, 0.29) is 0 Å². The molecule has 61 heavy (non-hydrogen) atoms. The zero-order valence-corrected chi connectivity index (χ0v) is 33.4. The largest absolute Gasteiger partial charge is 0.457 e. The Bertz CT molecular complexity index is 3230. The van der Waals surface area contributed by atoms with Crippen molar-refractivity contribution in [2.75, 3.05) is 4.90 Å². The Labute approximate surface area is 356 Å². The van der Waals surface area contributed by atoms with Crippen molar-refractivity contribution in [2.45, 2.75) is 5.41 Å². The minimum absolute atomic E-state index is 0.565. The second-order valence-corrected chi connectivity index (χ2v) is 16.0. The third kappa shape index (κ3) is 5.57. The van der Waals surface area contributed by atoms with Gasteiger partial charge in [0.05, 0.1) is 5.41 Å². The molecule has 1 heterocycles. The zero-order valence-electron chi connectivity index (χ0n) is 33.4. The number of rotatable bonds is 6. The third-order valence-electron chi connectivity index (χ3n) is 12.7. The summed E-state index contributed by atoms with van der Waals surface area (Å²) in [4.78, 5) is 2.41. The molecule has 286 valence electrons. The van der Waals surface area contributed by atoms with Crippen LogP contribution in [0.2, 0.25) is 0 Å². The van der Waals surface area contributed by atoms with Gasteiger partial charge in [-0.1, -0.05) is 182 Å². The molecule has 2 aliphatic rings. The van der Waals surface area contributed by atoms with Crippen molar-refractivity contribution in [1.29, 1.82) is 0 Å². The summed E-state index contributed by atoms with van der Waals surface area (Å²) in [6.07, 6.45) is 0. The summed E-state index contributed by atoms with van der Waals surface area (Å²) in [7, 11) is 0. The van der Waals surface area contributed by atoms with Gasteiger partial charge in [0.2, 0.25) is 0 Å². The van der Waals surface area contributed by atoms with Gasteiger partial charge in [0.15, 0.2) is 0 Å². The van der Waals surface area contributed by atoms with Gasteiger partial charge >= 0.3 is 0 Å². The van der Waals surface area contributed by atoms with Crippen LogP contribution in [0.4, 0.5) is 17.1 Å². The van der Waals surface area contributed by atoms with E-state index in [1.807, 2.05) is 0 Å². The monoisotopic (exact) mass is 777 g/mol. The molecule has 2 heteroatoms. The fraction of sp³-hybridized carbons (Fsp3) is 0.0169. The number of hydrogen-bond acceptors (Lipinski definition) is 2. The molecular weight excluding hydrogens is 739 g/mol. The smallest absolute Gasteiger partial charge is 0.132 e. The van der Waals surface area contributed by atoms with Crippen molar-refractivity contribution in [3.8, 4) is 56.0 Å². The number of nitrogens with zero attached hydrogens (tertiary/aromatic N) is 1. The van der Waals surface area contributed by atoms with Gasteiger partial charge in [-0.05, 0) is 121 Å². The molecule has 0 unspecified atom stereocenters. The maximum Gasteiger partial charge on any atom is 0.132 e. The van der Waals surface area contributed by atoms with Crippen LogP contribution in [0.25, 0.3) is 55.3 Å². The van der Waals surface area contributed by atoms with Gasteiger partial charge in [-0.15, -0.1) is 0 Å². The lowest BCUT2D eigenvalue weighted by Gasteiger charge is -2.39. The van der Waals surface area contributed by atoms with Gasteiger partial charge in [0.1, 0.15) is 11.5 Å². The SMILES string of the molecule is c1ccc(-c2ccccc2-c2ccc(N(c3ccc(-c4ccc5ccccc5c4)cc3)c3ccc4c(c3)C3(c5ccccc5Oc5ccccc53)c3ccccc3-4)cc2)cc1. The van der Waals surface area contributed by atoms with E-state index in [4.69, 9.17) is 4.74 Å². The highest BCUT2D eigenvalue weighted by Gasteiger charge is 2.51. The van der Waals surface area contributed by atoms with E-state index in [1.165, 1.54) is 66.4 Å². The lowest BCUT2D eigenvalue weighted by Crippen LogP contribution is -2.32. The standard InChI is InChI=1S/C59H39NO/c1-2-15-42(16-3-1)49-18-6-7-19-50(49)43-30-34-47(35-31-43)60(46-32-28-41(29-33-46)45-27-26-40-14-4-5-17-44(40)38-45)48-36-37-52-51-20-8-9-21-53(51)59(56(52)39-48)54-22-10-12-24-57(54)61-58-25-13-11-23-55(58)59/h1-39H. The number of hydrogen-bond donors (Lipinski definition) is 0. The van der Waals surface area contributed by atoms with Gasteiger partial charge in [-0.3, -0.25) is 0 Å². The van der Waals surface area contributed by atoms with Gasteiger partial charge in [-0.2, -0.15) is 0 Å². The van der Waals surface area contributed by atoms with Gasteiger partial charge in [0, 0.05) is 28.2 Å². The van der Waals surface area contributed by atoms with E-state index in [1.54, 1.807) is 0 Å². The molecule has 1 aliphatic carbocycles. The number of benzene rings is 10. The lowest BCUT2D eigenvalue weighted by atomic mass is 9.66. The maximum atomic E-state index is 6.66. The fourth-order valence-electron chi connectivity index (χ4n) is 9.99. The summed E-state index contributed by atoms with van der Waals surface area (Å²) in [6, 6.07) is 85.9. The van der Waals surface area contributed by atoms with E-state index in [9.17, 15) is 0 Å². The van der Waals surface area contributed by atoms with Crippen LogP contribution in [-0.2, 0) is 5.41 Å². The second kappa shape index (κ2) is 14.1. The van der Waals surface area contributed by atoms with Gasteiger partial charge in [-0.25, -0.2) is 0 Å². The first-order valence-corrected chi connectivity index (χ1v) is 21.0. The van der Waals surface area contributed by atoms with E-state index in [2.05, 4.69) is 241 Å². The van der Waals surface area contributed by atoms with E-state index >= 15 is 0 Å². The average Bonchev–Trinajstić information content (AvgIpc) is 3.62. The quantitative estimate of drug-likeness (QED) is 0.167. The van der Waals surface area contributed by atoms with Crippen LogP contribution >= 0.6 is 0 Å². The molecule has 12 rings (SSSR count). The Balaban J connectivity index is 1.04. The lowest BCUT2D eigenvalue weighted by molar-refractivity contribution is 0.436. The van der Waals surface area contributed by atoms with Crippen LogP contribution in [-0.4, -0.2) is 0 Å². The van der Waals surface area contributed by atoms with Crippen molar-refractivity contribution in [3.05, 3.63) is 259 Å². The Hall–Kier alpha value is -7.94. The number of para-hydroxylation sites is 2. The number of fused-ring (bicyclic) bond motifs is 10. The van der Waals surface area contributed by atoms with E-state index < -0.39 is 5.41 Å². The predicted octanol–water partition coefficient (Wildman–Crippen LogP) is 15.8. The Morgan fingerprint density at radius 2 is 0.754 bits per heavy atom. The third-order valence-corrected chi connectivity index (χ3v) is 12.7. The van der Waals surface area contributed by atoms with Crippen LogP contribution in [0.1, 0.15) is 22.3 Å². The summed E-state index contributed by atoms with van der Waals surface area (Å²) in [5.41, 5.74) is 17.2. The minimum Gasteiger partial charge on any atom is -0.457 e. The van der Waals surface area contributed by atoms with Crippen molar-refractivity contribution < 1.29 is 4.74 Å². The molecule has 2 nitrogen and oxygen atoms in total. The molecule has 1 aliphatic heterocycles. The van der Waals surface area contributed by atoms with Gasteiger partial charge < -0.3 is 9.64 Å². The summed E-state index contributed by atoms with van der Waals surface area (Å²) in [5, 5.41) is 2.49. The molecule has 10 aromatic rings. The molecular formula is C59H39NO. The van der Waals surface area contributed by atoms with Crippen molar-refractivity contribution in [3.63, 3.8) is 0 Å². The molecule has 0 aromatic heterocycles. The van der Waals surface area contributed by atoms with Gasteiger partial charge in [0.25, 0.3) is 0 Å². The van der Waals surface area contributed by atoms with E-state index in [0.29, 0.717) is 0 Å². The first-order chi connectivity index (χ1) is 30.2. The predicted molar refractivity (Wildman–Crippen MR) is 252 cm³/mol. The fourth-order valence-corrected chi connectivity index (χ4v) is 9.99. The zero-order chi connectivity index (χ0) is 40.3. The molecule has 0 saturated carbocycles. The topological polar surface area (TPSA) is 12.5 Å². The Morgan fingerprint density at radius 1 is 0.279 bits per heavy atom. The van der Waals surface area contributed by atoms with Crippen molar-refractivity contribution >= 4 is 27.8 Å². The van der Waals surface area contributed by atoms with Crippen LogP contribution in [0, 0.1) is 0 Å². The highest BCUT2D eigenvalue weighted by atomic mass is 16.5. The van der Waals surface area contributed by atoms with Crippen LogP contribution in [0.3, 0.4) is 0 Å². The van der Waals surface area contributed by atoms with Crippen LogP contribution < -0.4 is 9.64 Å². The molecule has 0 N–H and O–H groups in total. The summed E-state index contributed by atoms with van der Waals surface area (Å²) in [5.74, 6) is 1.78. The first kappa shape index (κ1) is 35.0. The van der Waals surface area contributed by atoms with Crippen molar-refractivity contribution in [1.82, 2.24) is 0 Å². The summed E-state index contributed by atoms with van der Waals surface area (Å²) >= 11 is 0. The second-order valence-electron chi connectivity index (χ2n) is 16.0. The molecule has 0 atom stereocenters. The number of anilines is 3. The molecule has 0 radical (unpaired) electrons. The highest BCUT2D eigenvalue weighted by Crippen LogP contribution is 2.62.